The monoisotopic (exact) mass is 328 g/mol. The Morgan fingerprint density at radius 3 is 1.76 bits per heavy atom. The van der Waals surface area contributed by atoms with Crippen LogP contribution in [0.15, 0.2) is 84.9 Å². The van der Waals surface area contributed by atoms with Crippen LogP contribution in [-0.2, 0) is 6.54 Å². The van der Waals surface area contributed by atoms with Gasteiger partial charge in [-0.1, -0.05) is 91.9 Å². The SMILES string of the molecule is CC/C(=C(\c1ccccc1)c1ccc(CNN)cc1)c1ccccc1. The Bertz CT molecular complexity index is 819. The van der Waals surface area contributed by atoms with Crippen molar-refractivity contribution in [2.75, 3.05) is 0 Å². The predicted octanol–water partition coefficient (Wildman–Crippen LogP) is 5.02. The van der Waals surface area contributed by atoms with Gasteiger partial charge in [-0.25, -0.2) is 0 Å². The average molecular weight is 328 g/mol. The standard InChI is InChI=1S/C23H24N2/c1-2-22(19-9-5-3-6-10-19)23(20-11-7-4-8-12-20)21-15-13-18(14-16-21)17-25-24/h3-16,25H,2,17,24H2,1H3/b23-22-. The highest BCUT2D eigenvalue weighted by Gasteiger charge is 2.12. The van der Waals surface area contributed by atoms with E-state index in [9.17, 15) is 0 Å². The highest BCUT2D eigenvalue weighted by atomic mass is 15.2. The zero-order valence-corrected chi connectivity index (χ0v) is 14.6. The third-order valence-corrected chi connectivity index (χ3v) is 4.39. The fourth-order valence-corrected chi connectivity index (χ4v) is 3.19. The lowest BCUT2D eigenvalue weighted by molar-refractivity contribution is 0.741. The van der Waals surface area contributed by atoms with Gasteiger partial charge in [0.1, 0.15) is 0 Å². The first-order valence-electron chi connectivity index (χ1n) is 8.70. The van der Waals surface area contributed by atoms with Gasteiger partial charge in [0.2, 0.25) is 0 Å². The molecule has 0 radical (unpaired) electrons. The van der Waals surface area contributed by atoms with Crippen molar-refractivity contribution < 1.29 is 0 Å². The van der Waals surface area contributed by atoms with Crippen LogP contribution in [0.2, 0.25) is 0 Å². The fourth-order valence-electron chi connectivity index (χ4n) is 3.19. The zero-order chi connectivity index (χ0) is 17.5. The molecule has 0 heterocycles. The van der Waals surface area contributed by atoms with Crippen molar-refractivity contribution in [1.29, 1.82) is 0 Å². The Labute approximate surface area is 150 Å². The number of rotatable bonds is 6. The maximum atomic E-state index is 5.44. The number of hydrogen-bond acceptors (Lipinski definition) is 2. The predicted molar refractivity (Wildman–Crippen MR) is 107 cm³/mol. The molecule has 3 rings (SSSR count). The molecular formula is C23H24N2. The molecule has 0 atom stereocenters. The molecule has 0 aliphatic heterocycles. The first-order chi connectivity index (χ1) is 12.3. The van der Waals surface area contributed by atoms with E-state index in [1.54, 1.807) is 0 Å². The van der Waals surface area contributed by atoms with Crippen molar-refractivity contribution in [3.8, 4) is 0 Å². The van der Waals surface area contributed by atoms with Crippen molar-refractivity contribution in [2.45, 2.75) is 19.9 Å². The Hall–Kier alpha value is -2.68. The van der Waals surface area contributed by atoms with Crippen LogP contribution in [0.4, 0.5) is 0 Å². The molecule has 0 unspecified atom stereocenters. The molecule has 3 aromatic carbocycles. The highest BCUT2D eigenvalue weighted by molar-refractivity contribution is 5.98. The van der Waals surface area contributed by atoms with Gasteiger partial charge in [-0.3, -0.25) is 11.3 Å². The van der Waals surface area contributed by atoms with Gasteiger partial charge in [-0.15, -0.1) is 0 Å². The molecule has 3 N–H and O–H groups in total. The molecule has 0 fully saturated rings. The van der Waals surface area contributed by atoms with E-state index in [0.29, 0.717) is 6.54 Å². The normalized spacial score (nSPS) is 11.9. The van der Waals surface area contributed by atoms with Gasteiger partial charge in [0, 0.05) is 6.54 Å². The minimum absolute atomic E-state index is 0.671. The van der Waals surface area contributed by atoms with Crippen LogP contribution in [0.3, 0.4) is 0 Å². The lowest BCUT2D eigenvalue weighted by Crippen LogP contribution is -2.20. The van der Waals surface area contributed by atoms with Crippen LogP contribution in [0, 0.1) is 0 Å². The molecule has 0 spiro atoms. The Kier molecular flexibility index (Phi) is 5.78. The number of benzene rings is 3. The summed E-state index contributed by atoms with van der Waals surface area (Å²) in [5.41, 5.74) is 10.3. The van der Waals surface area contributed by atoms with Crippen LogP contribution in [0.25, 0.3) is 11.1 Å². The van der Waals surface area contributed by atoms with E-state index in [-0.39, 0.29) is 0 Å². The second-order valence-corrected chi connectivity index (χ2v) is 6.02. The Morgan fingerprint density at radius 1 is 0.720 bits per heavy atom. The molecule has 0 aromatic heterocycles. The highest BCUT2D eigenvalue weighted by Crippen LogP contribution is 2.34. The van der Waals surface area contributed by atoms with E-state index in [0.717, 1.165) is 6.42 Å². The smallest absolute Gasteiger partial charge is 0.0348 e. The average Bonchev–Trinajstić information content (AvgIpc) is 2.68. The molecule has 2 heteroatoms. The van der Waals surface area contributed by atoms with Crippen molar-refractivity contribution in [3.05, 3.63) is 107 Å². The largest absolute Gasteiger partial charge is 0.271 e. The summed E-state index contributed by atoms with van der Waals surface area (Å²) < 4.78 is 0. The van der Waals surface area contributed by atoms with Crippen LogP contribution < -0.4 is 11.3 Å². The molecule has 126 valence electrons. The molecule has 0 saturated heterocycles. The van der Waals surface area contributed by atoms with Gasteiger partial charge in [0.25, 0.3) is 0 Å². The summed E-state index contributed by atoms with van der Waals surface area (Å²) in [4.78, 5) is 0. The maximum Gasteiger partial charge on any atom is 0.0348 e. The number of allylic oxidation sites excluding steroid dienone is 1. The van der Waals surface area contributed by atoms with Gasteiger partial charge in [0.05, 0.1) is 0 Å². The fraction of sp³-hybridized carbons (Fsp3) is 0.130. The summed E-state index contributed by atoms with van der Waals surface area (Å²) in [7, 11) is 0. The molecule has 0 aliphatic carbocycles. The van der Waals surface area contributed by atoms with E-state index < -0.39 is 0 Å². The Balaban J connectivity index is 2.17. The first-order valence-corrected chi connectivity index (χ1v) is 8.70. The van der Waals surface area contributed by atoms with Gasteiger partial charge >= 0.3 is 0 Å². The summed E-state index contributed by atoms with van der Waals surface area (Å²) in [6.07, 6.45) is 0.973. The molecule has 0 aliphatic rings. The second-order valence-electron chi connectivity index (χ2n) is 6.02. The van der Waals surface area contributed by atoms with E-state index in [2.05, 4.69) is 97.3 Å². The van der Waals surface area contributed by atoms with Crippen LogP contribution in [-0.4, -0.2) is 0 Å². The minimum atomic E-state index is 0.671. The third-order valence-electron chi connectivity index (χ3n) is 4.39. The number of nitrogens with one attached hydrogen (secondary N) is 1. The topological polar surface area (TPSA) is 38.0 Å². The molecule has 25 heavy (non-hydrogen) atoms. The quantitative estimate of drug-likeness (QED) is 0.379. The van der Waals surface area contributed by atoms with E-state index >= 15 is 0 Å². The molecule has 3 aromatic rings. The number of hydrazine groups is 1. The van der Waals surface area contributed by atoms with E-state index in [4.69, 9.17) is 5.84 Å². The van der Waals surface area contributed by atoms with Crippen molar-refractivity contribution in [1.82, 2.24) is 5.43 Å². The van der Waals surface area contributed by atoms with E-state index in [1.807, 2.05) is 0 Å². The summed E-state index contributed by atoms with van der Waals surface area (Å²) in [5.74, 6) is 5.44. The van der Waals surface area contributed by atoms with Gasteiger partial charge in [-0.2, -0.15) is 0 Å². The summed E-state index contributed by atoms with van der Waals surface area (Å²) in [5, 5.41) is 0. The Morgan fingerprint density at radius 2 is 1.24 bits per heavy atom. The number of hydrogen-bond donors (Lipinski definition) is 2. The van der Waals surface area contributed by atoms with Crippen LogP contribution in [0.5, 0.6) is 0 Å². The van der Waals surface area contributed by atoms with Crippen LogP contribution >= 0.6 is 0 Å². The van der Waals surface area contributed by atoms with Crippen molar-refractivity contribution >= 4 is 11.1 Å². The maximum absolute atomic E-state index is 5.44. The second kappa shape index (κ2) is 8.43. The molecule has 2 nitrogen and oxygen atoms in total. The lowest BCUT2D eigenvalue weighted by Gasteiger charge is -2.16. The lowest BCUT2D eigenvalue weighted by atomic mass is 9.88. The third kappa shape index (κ3) is 4.05. The zero-order valence-electron chi connectivity index (χ0n) is 14.6. The molecule has 0 bridgehead atoms. The first kappa shape index (κ1) is 17.2. The number of nitrogens with two attached hydrogens (primary N) is 1. The van der Waals surface area contributed by atoms with Gasteiger partial charge in [-0.05, 0) is 39.8 Å². The minimum Gasteiger partial charge on any atom is -0.271 e. The molecular weight excluding hydrogens is 304 g/mol. The van der Waals surface area contributed by atoms with Gasteiger partial charge < -0.3 is 0 Å². The van der Waals surface area contributed by atoms with Gasteiger partial charge in [0.15, 0.2) is 0 Å². The van der Waals surface area contributed by atoms with E-state index in [1.165, 1.54) is 33.4 Å². The molecule has 0 saturated carbocycles. The molecule has 0 amide bonds. The van der Waals surface area contributed by atoms with Crippen molar-refractivity contribution in [2.24, 2.45) is 5.84 Å². The summed E-state index contributed by atoms with van der Waals surface area (Å²) >= 11 is 0. The summed E-state index contributed by atoms with van der Waals surface area (Å²) in [6, 6.07) is 29.9. The summed E-state index contributed by atoms with van der Waals surface area (Å²) in [6.45, 7) is 2.89. The van der Waals surface area contributed by atoms with Crippen molar-refractivity contribution in [3.63, 3.8) is 0 Å². The van der Waals surface area contributed by atoms with Crippen LogP contribution in [0.1, 0.15) is 35.6 Å².